The summed E-state index contributed by atoms with van der Waals surface area (Å²) < 4.78 is 0. The molecule has 0 saturated carbocycles. The van der Waals surface area contributed by atoms with Gasteiger partial charge in [-0.25, -0.2) is 0 Å². The molecule has 1 fully saturated rings. The largest absolute Gasteiger partial charge is 0.480 e. The smallest absolute Gasteiger partial charge is 0.317 e. The Kier molecular flexibility index (Phi) is 10.7. The van der Waals surface area contributed by atoms with Crippen LogP contribution in [0.15, 0.2) is 24.3 Å². The molecule has 33 heavy (non-hydrogen) atoms. The van der Waals surface area contributed by atoms with E-state index < -0.39 is 17.9 Å². The molecule has 0 amide bonds. The summed E-state index contributed by atoms with van der Waals surface area (Å²) in [5.74, 6) is -2.99. The molecular formula is C23H36N4O6. The van der Waals surface area contributed by atoms with Crippen molar-refractivity contribution in [2.45, 2.75) is 19.4 Å². The summed E-state index contributed by atoms with van der Waals surface area (Å²) in [6.45, 7) is 5.60. The quantitative estimate of drug-likeness (QED) is 0.412. The van der Waals surface area contributed by atoms with Gasteiger partial charge in [-0.05, 0) is 26.0 Å². The highest BCUT2D eigenvalue weighted by molar-refractivity contribution is 5.72. The molecule has 10 heteroatoms. The molecule has 1 aliphatic heterocycles. The second-order valence-electron chi connectivity index (χ2n) is 8.81. The van der Waals surface area contributed by atoms with E-state index in [0.29, 0.717) is 26.2 Å². The molecule has 10 nitrogen and oxygen atoms in total. The monoisotopic (exact) mass is 464 g/mol. The summed E-state index contributed by atoms with van der Waals surface area (Å²) in [5.41, 5.74) is 2.35. The number of nitrogens with zero attached hydrogens (tertiary/aromatic N) is 4. The molecule has 1 heterocycles. The predicted octanol–water partition coefficient (Wildman–Crippen LogP) is 0.0113. The van der Waals surface area contributed by atoms with E-state index >= 15 is 0 Å². The Bertz CT molecular complexity index is 772. The van der Waals surface area contributed by atoms with Crippen LogP contribution in [0.2, 0.25) is 0 Å². The van der Waals surface area contributed by atoms with Crippen molar-refractivity contribution in [3.63, 3.8) is 0 Å². The number of aliphatic carboxylic acids is 3. The van der Waals surface area contributed by atoms with E-state index in [1.54, 1.807) is 0 Å². The van der Waals surface area contributed by atoms with Crippen LogP contribution in [0, 0.1) is 6.92 Å². The van der Waals surface area contributed by atoms with Crippen molar-refractivity contribution in [1.82, 2.24) is 19.6 Å². The van der Waals surface area contributed by atoms with Crippen LogP contribution in [-0.2, 0) is 20.8 Å². The molecule has 0 bridgehead atoms. The molecule has 0 spiro atoms. The highest BCUT2D eigenvalue weighted by atomic mass is 16.4. The minimum atomic E-state index is -1.06. The lowest BCUT2D eigenvalue weighted by atomic mass is 10.0. The number of hydrogen-bond donors (Lipinski definition) is 3. The fourth-order valence-corrected chi connectivity index (χ4v) is 4.12. The summed E-state index contributed by atoms with van der Waals surface area (Å²) in [4.78, 5) is 41.5. The van der Waals surface area contributed by atoms with E-state index in [1.165, 1.54) is 16.0 Å². The van der Waals surface area contributed by atoms with E-state index in [0.717, 1.165) is 26.1 Å². The molecule has 1 saturated heterocycles. The topological polar surface area (TPSA) is 125 Å². The number of carboxylic acids is 3. The Balaban J connectivity index is 2.08. The number of likely N-dealkylation sites (N-methyl/N-ethyl adjacent to an activating group) is 1. The van der Waals surface area contributed by atoms with Gasteiger partial charge in [0.25, 0.3) is 0 Å². The van der Waals surface area contributed by atoms with Crippen molar-refractivity contribution >= 4 is 17.9 Å². The number of carbonyl (C=O) groups is 3. The second-order valence-corrected chi connectivity index (χ2v) is 8.81. The molecule has 1 aromatic carbocycles. The lowest BCUT2D eigenvalue weighted by Gasteiger charge is -2.33. The van der Waals surface area contributed by atoms with Crippen LogP contribution in [0.25, 0.3) is 0 Å². The van der Waals surface area contributed by atoms with Gasteiger partial charge in [0.1, 0.15) is 0 Å². The molecule has 0 radical (unpaired) electrons. The summed E-state index contributed by atoms with van der Waals surface area (Å²) in [6, 6.07) is 8.36. The Labute approximate surface area is 195 Å². The number of hydrogen-bond acceptors (Lipinski definition) is 7. The van der Waals surface area contributed by atoms with Crippen molar-refractivity contribution in [3.05, 3.63) is 35.4 Å². The first kappa shape index (κ1) is 26.7. The molecule has 0 aliphatic carbocycles. The van der Waals surface area contributed by atoms with E-state index in [4.69, 9.17) is 10.2 Å². The van der Waals surface area contributed by atoms with Crippen molar-refractivity contribution in [2.24, 2.45) is 0 Å². The number of rotatable bonds is 11. The lowest BCUT2D eigenvalue weighted by Crippen LogP contribution is -2.47. The van der Waals surface area contributed by atoms with Crippen molar-refractivity contribution in [3.8, 4) is 0 Å². The molecule has 1 aromatic rings. The maximum Gasteiger partial charge on any atom is 0.317 e. The molecule has 0 aromatic heterocycles. The summed E-state index contributed by atoms with van der Waals surface area (Å²) >= 11 is 0. The zero-order valence-corrected chi connectivity index (χ0v) is 19.5. The van der Waals surface area contributed by atoms with Crippen LogP contribution in [0.3, 0.4) is 0 Å². The molecule has 3 N–H and O–H groups in total. The maximum absolute atomic E-state index is 11.6. The van der Waals surface area contributed by atoms with Gasteiger partial charge in [-0.2, -0.15) is 0 Å². The predicted molar refractivity (Wildman–Crippen MR) is 124 cm³/mol. The van der Waals surface area contributed by atoms with E-state index in [9.17, 15) is 19.5 Å². The SMILES string of the molecule is Cc1ccc(CC2CN(C)CCN(CCN(CC(=O)O)CC(=O)O)CCN2CC(=O)O)cc1. The Morgan fingerprint density at radius 2 is 1.55 bits per heavy atom. The third-order valence-corrected chi connectivity index (χ3v) is 5.92. The van der Waals surface area contributed by atoms with E-state index in [2.05, 4.69) is 34.1 Å². The Morgan fingerprint density at radius 3 is 2.12 bits per heavy atom. The highest BCUT2D eigenvalue weighted by Crippen LogP contribution is 2.14. The second kappa shape index (κ2) is 13.2. The molecule has 184 valence electrons. The molecular weight excluding hydrogens is 428 g/mol. The van der Waals surface area contributed by atoms with E-state index in [-0.39, 0.29) is 25.7 Å². The van der Waals surface area contributed by atoms with Crippen LogP contribution in [-0.4, -0.2) is 131 Å². The third kappa shape index (κ3) is 10.3. The molecule has 1 unspecified atom stereocenters. The van der Waals surface area contributed by atoms with Crippen LogP contribution in [0.4, 0.5) is 0 Å². The van der Waals surface area contributed by atoms with E-state index in [1.807, 2.05) is 18.9 Å². The standard InChI is InChI=1S/C23H36N4O6/c1-18-3-5-19(6-4-18)13-20-14-24(2)7-8-25(11-12-27(20)17-23(32)33)9-10-26(15-21(28)29)16-22(30)31/h3-6,20H,7-17H2,1-2H3,(H,28,29)(H,30,31)(H,32,33). The summed E-state index contributed by atoms with van der Waals surface area (Å²) in [5, 5.41) is 27.6. The van der Waals surface area contributed by atoms with Gasteiger partial charge < -0.3 is 20.2 Å². The van der Waals surface area contributed by atoms with Crippen LogP contribution >= 0.6 is 0 Å². The zero-order valence-electron chi connectivity index (χ0n) is 19.5. The Morgan fingerprint density at radius 1 is 0.939 bits per heavy atom. The fourth-order valence-electron chi connectivity index (χ4n) is 4.12. The van der Waals surface area contributed by atoms with Gasteiger partial charge in [0.2, 0.25) is 0 Å². The minimum absolute atomic E-state index is 0.0456. The lowest BCUT2D eigenvalue weighted by molar-refractivity contribution is -0.142. The number of carboxylic acid groups (broad SMARTS) is 3. The van der Waals surface area contributed by atoms with Gasteiger partial charge in [-0.3, -0.25) is 29.1 Å². The van der Waals surface area contributed by atoms with Gasteiger partial charge in [0.15, 0.2) is 0 Å². The van der Waals surface area contributed by atoms with Crippen molar-refractivity contribution < 1.29 is 29.7 Å². The summed E-state index contributed by atoms with van der Waals surface area (Å²) in [6.07, 6.45) is 0.753. The average molecular weight is 465 g/mol. The van der Waals surface area contributed by atoms with Crippen LogP contribution in [0.5, 0.6) is 0 Å². The normalized spacial score (nSPS) is 19.1. The van der Waals surface area contributed by atoms with Crippen molar-refractivity contribution in [2.75, 3.05) is 72.5 Å². The maximum atomic E-state index is 11.6. The van der Waals surface area contributed by atoms with Gasteiger partial charge in [0.05, 0.1) is 19.6 Å². The molecule has 2 rings (SSSR count). The first-order chi connectivity index (χ1) is 15.6. The first-order valence-electron chi connectivity index (χ1n) is 11.2. The molecule has 1 aliphatic rings. The van der Waals surface area contributed by atoms with Crippen molar-refractivity contribution in [1.29, 1.82) is 0 Å². The first-order valence-corrected chi connectivity index (χ1v) is 11.2. The van der Waals surface area contributed by atoms with Gasteiger partial charge in [-0.1, -0.05) is 29.8 Å². The minimum Gasteiger partial charge on any atom is -0.480 e. The highest BCUT2D eigenvalue weighted by Gasteiger charge is 2.26. The fraction of sp³-hybridized carbons (Fsp3) is 0.609. The Hall–Kier alpha value is -2.53. The molecule has 1 atom stereocenters. The van der Waals surface area contributed by atoms with Crippen LogP contribution in [0.1, 0.15) is 11.1 Å². The number of benzene rings is 1. The summed E-state index contributed by atoms with van der Waals surface area (Å²) in [7, 11) is 2.02. The third-order valence-electron chi connectivity index (χ3n) is 5.92. The van der Waals surface area contributed by atoms with Gasteiger partial charge in [0, 0.05) is 51.9 Å². The van der Waals surface area contributed by atoms with Gasteiger partial charge >= 0.3 is 17.9 Å². The average Bonchev–Trinajstić information content (AvgIpc) is 2.77. The van der Waals surface area contributed by atoms with Gasteiger partial charge in [-0.15, -0.1) is 0 Å². The number of aryl methyl sites for hydroxylation is 1. The zero-order chi connectivity index (χ0) is 24.4. The van der Waals surface area contributed by atoms with Crippen LogP contribution < -0.4 is 0 Å².